The molecule has 0 saturated heterocycles. The summed E-state index contributed by atoms with van der Waals surface area (Å²) in [6.07, 6.45) is 2.11. The van der Waals surface area contributed by atoms with Gasteiger partial charge in [0.05, 0.1) is 18.7 Å². The van der Waals surface area contributed by atoms with E-state index in [-0.39, 0.29) is 6.04 Å². The molecule has 0 aromatic heterocycles. The molecule has 0 aliphatic heterocycles. The number of nitrogens with two attached hydrogens (primary N) is 1. The molecular weight excluding hydrogens is 294 g/mol. The minimum absolute atomic E-state index is 0.0306. The summed E-state index contributed by atoms with van der Waals surface area (Å²) >= 11 is 3.46. The molecule has 0 fully saturated rings. The van der Waals surface area contributed by atoms with Crippen molar-refractivity contribution in [1.82, 2.24) is 0 Å². The normalized spacial score (nSPS) is 12.6. The quantitative estimate of drug-likeness (QED) is 0.865. The number of rotatable bonds is 6. The minimum Gasteiger partial charge on any atom is -0.496 e. The lowest BCUT2D eigenvalue weighted by atomic mass is 9.89. The van der Waals surface area contributed by atoms with Crippen LogP contribution in [0.1, 0.15) is 38.3 Å². The average Bonchev–Trinajstić information content (AvgIpc) is 2.39. The number of halogens is 1. The van der Waals surface area contributed by atoms with Gasteiger partial charge >= 0.3 is 0 Å². The SMILES string of the molecule is CCC(CC)C(N)c1cc(OC)c(Br)cc1OC. The number of ether oxygens (including phenoxy) is 2. The molecule has 0 aliphatic carbocycles. The van der Waals surface area contributed by atoms with Crippen molar-refractivity contribution in [3.05, 3.63) is 22.2 Å². The fraction of sp³-hybridized carbons (Fsp3) is 0.571. The fourth-order valence-corrected chi connectivity index (χ4v) is 2.68. The van der Waals surface area contributed by atoms with Crippen molar-refractivity contribution in [3.63, 3.8) is 0 Å². The summed E-state index contributed by atoms with van der Waals surface area (Å²) in [6, 6.07) is 3.85. The Morgan fingerprint density at radius 2 is 1.67 bits per heavy atom. The summed E-state index contributed by atoms with van der Waals surface area (Å²) in [5.41, 5.74) is 7.37. The third-order valence-corrected chi connectivity index (χ3v) is 4.04. The van der Waals surface area contributed by atoms with Crippen molar-refractivity contribution in [3.8, 4) is 11.5 Å². The molecule has 1 aromatic rings. The lowest BCUT2D eigenvalue weighted by Crippen LogP contribution is -2.21. The van der Waals surface area contributed by atoms with Crippen LogP contribution >= 0.6 is 15.9 Å². The van der Waals surface area contributed by atoms with Crippen LogP contribution in [0.25, 0.3) is 0 Å². The van der Waals surface area contributed by atoms with Gasteiger partial charge in [0.2, 0.25) is 0 Å². The van der Waals surface area contributed by atoms with Crippen LogP contribution in [0.15, 0.2) is 16.6 Å². The van der Waals surface area contributed by atoms with Gasteiger partial charge in [-0.2, -0.15) is 0 Å². The van der Waals surface area contributed by atoms with Crippen LogP contribution in [0.5, 0.6) is 11.5 Å². The molecule has 0 saturated carbocycles. The van der Waals surface area contributed by atoms with Gasteiger partial charge in [0.25, 0.3) is 0 Å². The van der Waals surface area contributed by atoms with Crippen molar-refractivity contribution in [2.24, 2.45) is 11.7 Å². The van der Waals surface area contributed by atoms with Gasteiger partial charge in [0, 0.05) is 11.6 Å². The Morgan fingerprint density at radius 3 is 2.11 bits per heavy atom. The molecule has 18 heavy (non-hydrogen) atoms. The molecule has 4 heteroatoms. The highest BCUT2D eigenvalue weighted by atomic mass is 79.9. The zero-order valence-corrected chi connectivity index (χ0v) is 13.1. The van der Waals surface area contributed by atoms with E-state index in [0.29, 0.717) is 5.92 Å². The standard InChI is InChI=1S/C14H22BrNO2/c1-5-9(6-2)14(16)10-7-13(18-4)11(15)8-12(10)17-3/h7-9,14H,5-6,16H2,1-4H3. The number of benzene rings is 1. The van der Waals surface area contributed by atoms with Gasteiger partial charge in [-0.1, -0.05) is 26.7 Å². The summed E-state index contributed by atoms with van der Waals surface area (Å²) in [4.78, 5) is 0. The van der Waals surface area contributed by atoms with Crippen LogP contribution in [-0.2, 0) is 0 Å². The maximum absolute atomic E-state index is 6.36. The Hall–Kier alpha value is -0.740. The van der Waals surface area contributed by atoms with E-state index in [9.17, 15) is 0 Å². The lowest BCUT2D eigenvalue weighted by molar-refractivity contribution is 0.365. The van der Waals surface area contributed by atoms with Crippen LogP contribution in [0, 0.1) is 5.92 Å². The Morgan fingerprint density at radius 1 is 1.11 bits per heavy atom. The second kappa shape index (κ2) is 7.00. The molecule has 1 rings (SSSR count). The van der Waals surface area contributed by atoms with E-state index in [4.69, 9.17) is 15.2 Å². The summed E-state index contributed by atoms with van der Waals surface area (Å²) in [6.45, 7) is 4.33. The van der Waals surface area contributed by atoms with E-state index in [1.807, 2.05) is 12.1 Å². The Balaban J connectivity index is 3.20. The molecular formula is C14H22BrNO2. The monoisotopic (exact) mass is 315 g/mol. The summed E-state index contributed by atoms with van der Waals surface area (Å²) in [7, 11) is 3.32. The molecule has 1 unspecified atom stereocenters. The van der Waals surface area contributed by atoms with E-state index in [0.717, 1.165) is 34.4 Å². The number of methoxy groups -OCH3 is 2. The maximum Gasteiger partial charge on any atom is 0.133 e. The van der Waals surface area contributed by atoms with E-state index in [1.165, 1.54) is 0 Å². The van der Waals surface area contributed by atoms with E-state index in [1.54, 1.807) is 14.2 Å². The second-order valence-corrected chi connectivity index (χ2v) is 5.19. The third kappa shape index (κ3) is 3.18. The molecule has 0 aliphatic rings. The van der Waals surface area contributed by atoms with Gasteiger partial charge in [-0.15, -0.1) is 0 Å². The van der Waals surface area contributed by atoms with E-state index >= 15 is 0 Å². The first-order chi connectivity index (χ1) is 8.58. The molecule has 0 bridgehead atoms. The number of hydrogen-bond acceptors (Lipinski definition) is 3. The van der Waals surface area contributed by atoms with Gasteiger partial charge in [0.15, 0.2) is 0 Å². The highest BCUT2D eigenvalue weighted by Gasteiger charge is 2.21. The maximum atomic E-state index is 6.36. The molecule has 3 nitrogen and oxygen atoms in total. The highest BCUT2D eigenvalue weighted by molar-refractivity contribution is 9.10. The largest absolute Gasteiger partial charge is 0.496 e. The summed E-state index contributed by atoms with van der Waals surface area (Å²) < 4.78 is 11.6. The smallest absolute Gasteiger partial charge is 0.133 e. The molecule has 2 N–H and O–H groups in total. The Bertz CT molecular complexity index is 392. The second-order valence-electron chi connectivity index (χ2n) is 4.33. The first-order valence-electron chi connectivity index (χ1n) is 6.25. The van der Waals surface area contributed by atoms with Crippen molar-refractivity contribution in [2.45, 2.75) is 32.7 Å². The van der Waals surface area contributed by atoms with Crippen molar-refractivity contribution in [2.75, 3.05) is 14.2 Å². The molecule has 1 atom stereocenters. The molecule has 0 heterocycles. The third-order valence-electron chi connectivity index (χ3n) is 3.42. The first kappa shape index (κ1) is 15.3. The van der Waals surface area contributed by atoms with Crippen LogP contribution in [0.4, 0.5) is 0 Å². The summed E-state index contributed by atoms with van der Waals surface area (Å²) in [5.74, 6) is 2.04. The van der Waals surface area contributed by atoms with Gasteiger partial charge in [-0.3, -0.25) is 0 Å². The van der Waals surface area contributed by atoms with Crippen LogP contribution in [-0.4, -0.2) is 14.2 Å². The van der Waals surface area contributed by atoms with Gasteiger partial charge in [-0.25, -0.2) is 0 Å². The van der Waals surface area contributed by atoms with Crippen molar-refractivity contribution >= 4 is 15.9 Å². The molecule has 102 valence electrons. The van der Waals surface area contributed by atoms with Crippen LogP contribution in [0.2, 0.25) is 0 Å². The highest BCUT2D eigenvalue weighted by Crippen LogP contribution is 2.38. The minimum atomic E-state index is -0.0306. The van der Waals surface area contributed by atoms with Crippen molar-refractivity contribution < 1.29 is 9.47 Å². The predicted octanol–water partition coefficient (Wildman–Crippen LogP) is 3.90. The van der Waals surface area contributed by atoms with Gasteiger partial charge in [-0.05, 0) is 34.0 Å². The molecule has 0 radical (unpaired) electrons. The fourth-order valence-electron chi connectivity index (χ4n) is 2.20. The van der Waals surface area contributed by atoms with Crippen molar-refractivity contribution in [1.29, 1.82) is 0 Å². The zero-order chi connectivity index (χ0) is 13.7. The van der Waals surface area contributed by atoms with Crippen LogP contribution < -0.4 is 15.2 Å². The topological polar surface area (TPSA) is 44.5 Å². The van der Waals surface area contributed by atoms with E-state index < -0.39 is 0 Å². The Kier molecular flexibility index (Phi) is 5.96. The average molecular weight is 316 g/mol. The van der Waals surface area contributed by atoms with Crippen LogP contribution in [0.3, 0.4) is 0 Å². The van der Waals surface area contributed by atoms with Gasteiger partial charge < -0.3 is 15.2 Å². The first-order valence-corrected chi connectivity index (χ1v) is 7.05. The zero-order valence-electron chi connectivity index (χ0n) is 11.5. The number of hydrogen-bond donors (Lipinski definition) is 1. The Labute approximate surface area is 118 Å². The summed E-state index contributed by atoms with van der Waals surface area (Å²) in [5, 5.41) is 0. The van der Waals surface area contributed by atoms with Gasteiger partial charge in [0.1, 0.15) is 11.5 Å². The molecule has 0 spiro atoms. The molecule has 1 aromatic carbocycles. The predicted molar refractivity (Wildman–Crippen MR) is 78.2 cm³/mol. The van der Waals surface area contributed by atoms with E-state index in [2.05, 4.69) is 29.8 Å². The lowest BCUT2D eigenvalue weighted by Gasteiger charge is -2.24. The molecule has 0 amide bonds.